The smallest absolute Gasteiger partial charge is 0.482 e. The maximum Gasteiger partial charge on any atom is 0.573 e. The number of hydrogen-bond donors (Lipinski definition) is 0. The number of hydrogen-bond acceptors (Lipinski definition) is 3. The van der Waals surface area contributed by atoms with Crippen molar-refractivity contribution in [3.05, 3.63) is 24.3 Å². The molecule has 0 saturated heterocycles. The minimum atomic E-state index is -4.73. The molecule has 0 aliphatic rings. The molecular formula is C10H8ClF3O3. The van der Waals surface area contributed by atoms with Gasteiger partial charge in [-0.25, -0.2) is 0 Å². The van der Waals surface area contributed by atoms with E-state index in [1.54, 1.807) is 0 Å². The van der Waals surface area contributed by atoms with Crippen LogP contribution in [-0.2, 0) is 4.79 Å². The lowest BCUT2D eigenvalue weighted by molar-refractivity contribution is -0.274. The van der Waals surface area contributed by atoms with Crippen molar-refractivity contribution in [3.8, 4) is 11.5 Å². The van der Waals surface area contributed by atoms with Crippen molar-refractivity contribution in [2.24, 2.45) is 0 Å². The topological polar surface area (TPSA) is 35.5 Å². The molecule has 17 heavy (non-hydrogen) atoms. The molecule has 1 aromatic rings. The minimum absolute atomic E-state index is 0.223. The molecule has 7 heteroatoms. The van der Waals surface area contributed by atoms with Crippen LogP contribution in [0.4, 0.5) is 13.2 Å². The van der Waals surface area contributed by atoms with E-state index in [1.165, 1.54) is 19.1 Å². The number of ether oxygens (including phenoxy) is 2. The van der Waals surface area contributed by atoms with E-state index in [1.807, 2.05) is 0 Å². The summed E-state index contributed by atoms with van der Waals surface area (Å²) in [7, 11) is 0. The summed E-state index contributed by atoms with van der Waals surface area (Å²) >= 11 is 5.16. The van der Waals surface area contributed by atoms with Crippen molar-refractivity contribution in [2.45, 2.75) is 19.4 Å². The number of alkyl halides is 3. The normalized spacial score (nSPS) is 13.0. The average molecular weight is 269 g/mol. The van der Waals surface area contributed by atoms with Gasteiger partial charge in [0.05, 0.1) is 0 Å². The summed E-state index contributed by atoms with van der Waals surface area (Å²) < 4.78 is 44.2. The largest absolute Gasteiger partial charge is 0.573 e. The second-order valence-electron chi connectivity index (χ2n) is 3.08. The van der Waals surface area contributed by atoms with Gasteiger partial charge in [0.25, 0.3) is 5.24 Å². The third-order valence-corrected chi connectivity index (χ3v) is 2.00. The van der Waals surface area contributed by atoms with Crippen LogP contribution in [0, 0.1) is 0 Å². The zero-order valence-electron chi connectivity index (χ0n) is 8.62. The summed E-state index contributed by atoms with van der Waals surface area (Å²) in [6.07, 6.45) is -5.60. The zero-order valence-corrected chi connectivity index (χ0v) is 9.38. The Balaban J connectivity index is 2.65. The van der Waals surface area contributed by atoms with Crippen LogP contribution >= 0.6 is 11.6 Å². The first-order valence-electron chi connectivity index (χ1n) is 4.50. The van der Waals surface area contributed by atoms with E-state index in [0.717, 1.165) is 12.1 Å². The van der Waals surface area contributed by atoms with Gasteiger partial charge in [0.2, 0.25) is 0 Å². The van der Waals surface area contributed by atoms with Crippen molar-refractivity contribution in [3.63, 3.8) is 0 Å². The standard InChI is InChI=1S/C10H8ClF3O3/c1-6(9(11)15)16-7-2-4-8(5-3-7)17-10(12,13)14/h2-6H,1H3/t6-/m1/s1. The highest BCUT2D eigenvalue weighted by Gasteiger charge is 2.31. The molecule has 0 heterocycles. The second kappa shape index (κ2) is 5.27. The summed E-state index contributed by atoms with van der Waals surface area (Å²) in [6.45, 7) is 1.43. The quantitative estimate of drug-likeness (QED) is 0.787. The van der Waals surface area contributed by atoms with Crippen LogP contribution in [0.25, 0.3) is 0 Å². The van der Waals surface area contributed by atoms with Crippen molar-refractivity contribution in [1.82, 2.24) is 0 Å². The number of rotatable bonds is 4. The van der Waals surface area contributed by atoms with Gasteiger partial charge in [-0.1, -0.05) is 0 Å². The Labute approximate surface area is 100 Å². The summed E-state index contributed by atoms with van der Waals surface area (Å²) in [5.74, 6) is -0.143. The lowest BCUT2D eigenvalue weighted by atomic mass is 10.3. The van der Waals surface area contributed by atoms with E-state index in [9.17, 15) is 18.0 Å². The predicted octanol–water partition coefficient (Wildman–Crippen LogP) is 3.12. The van der Waals surface area contributed by atoms with Crippen molar-refractivity contribution in [1.29, 1.82) is 0 Å². The summed E-state index contributed by atoms with van der Waals surface area (Å²) in [4.78, 5) is 10.7. The van der Waals surface area contributed by atoms with Gasteiger partial charge < -0.3 is 9.47 Å². The molecule has 3 nitrogen and oxygen atoms in total. The molecule has 0 aliphatic heterocycles. The molecule has 94 valence electrons. The number of halogens is 4. The van der Waals surface area contributed by atoms with Gasteiger partial charge in [0, 0.05) is 0 Å². The van der Waals surface area contributed by atoms with Crippen LogP contribution in [0.1, 0.15) is 6.92 Å². The van der Waals surface area contributed by atoms with Crippen molar-refractivity contribution < 1.29 is 27.4 Å². The van der Waals surface area contributed by atoms with E-state index in [2.05, 4.69) is 4.74 Å². The Morgan fingerprint density at radius 1 is 1.24 bits per heavy atom. The minimum Gasteiger partial charge on any atom is -0.482 e. The first-order chi connectivity index (χ1) is 7.78. The summed E-state index contributed by atoms with van der Waals surface area (Å²) in [6, 6.07) is 4.65. The Morgan fingerprint density at radius 3 is 2.12 bits per heavy atom. The number of carbonyl (C=O) groups excluding carboxylic acids is 1. The fourth-order valence-corrected chi connectivity index (χ4v) is 1.01. The van der Waals surface area contributed by atoms with Crippen LogP contribution in [0.15, 0.2) is 24.3 Å². The fourth-order valence-electron chi connectivity index (χ4n) is 0.970. The molecule has 1 aromatic carbocycles. The van der Waals surface area contributed by atoms with Crippen LogP contribution in [0.5, 0.6) is 11.5 Å². The van der Waals surface area contributed by atoms with Crippen molar-refractivity contribution in [2.75, 3.05) is 0 Å². The lowest BCUT2D eigenvalue weighted by Gasteiger charge is -2.12. The molecule has 0 aromatic heterocycles. The molecule has 1 atom stereocenters. The first kappa shape index (κ1) is 13.6. The van der Waals surface area contributed by atoms with Gasteiger partial charge in [-0.2, -0.15) is 0 Å². The van der Waals surface area contributed by atoms with Crippen LogP contribution in [0.2, 0.25) is 0 Å². The maximum atomic E-state index is 11.8. The van der Waals surface area contributed by atoms with Crippen LogP contribution < -0.4 is 9.47 Å². The Morgan fingerprint density at radius 2 is 1.71 bits per heavy atom. The van der Waals surface area contributed by atoms with Crippen LogP contribution in [-0.4, -0.2) is 17.7 Å². The highest BCUT2D eigenvalue weighted by molar-refractivity contribution is 6.64. The molecule has 1 rings (SSSR count). The maximum absolute atomic E-state index is 11.8. The third-order valence-electron chi connectivity index (χ3n) is 1.69. The average Bonchev–Trinajstić information content (AvgIpc) is 2.18. The van der Waals surface area contributed by atoms with E-state index >= 15 is 0 Å². The third kappa shape index (κ3) is 4.95. The molecule has 0 aliphatic carbocycles. The van der Waals surface area contributed by atoms with Crippen LogP contribution in [0.3, 0.4) is 0 Å². The molecular weight excluding hydrogens is 261 g/mol. The van der Waals surface area contributed by atoms with Gasteiger partial charge in [-0.15, -0.1) is 13.2 Å². The summed E-state index contributed by atoms with van der Waals surface area (Å²) in [5.41, 5.74) is 0. The lowest BCUT2D eigenvalue weighted by Crippen LogP contribution is -2.19. The highest BCUT2D eigenvalue weighted by atomic mass is 35.5. The molecule has 0 spiro atoms. The highest BCUT2D eigenvalue weighted by Crippen LogP contribution is 2.25. The van der Waals surface area contributed by atoms with Crippen molar-refractivity contribution >= 4 is 16.8 Å². The Kier molecular flexibility index (Phi) is 4.22. The molecule has 0 unspecified atom stereocenters. The first-order valence-corrected chi connectivity index (χ1v) is 4.87. The summed E-state index contributed by atoms with van der Waals surface area (Å²) in [5, 5.41) is -0.694. The number of benzene rings is 1. The molecule has 0 saturated carbocycles. The van der Waals surface area contributed by atoms with Gasteiger partial charge in [-0.05, 0) is 42.8 Å². The Hall–Kier alpha value is -1.43. The number of carbonyl (C=O) groups is 1. The van der Waals surface area contributed by atoms with Gasteiger partial charge in [0.1, 0.15) is 11.5 Å². The van der Waals surface area contributed by atoms with Gasteiger partial charge in [-0.3, -0.25) is 4.79 Å². The fraction of sp³-hybridized carbons (Fsp3) is 0.300. The second-order valence-corrected chi connectivity index (χ2v) is 3.46. The molecule has 0 N–H and O–H groups in total. The van der Waals surface area contributed by atoms with E-state index < -0.39 is 17.7 Å². The zero-order chi connectivity index (χ0) is 13.1. The van der Waals surface area contributed by atoms with Gasteiger partial charge in [0.15, 0.2) is 6.10 Å². The monoisotopic (exact) mass is 268 g/mol. The molecule has 0 bridgehead atoms. The van der Waals surface area contributed by atoms with Gasteiger partial charge >= 0.3 is 6.36 Å². The predicted molar refractivity (Wildman–Crippen MR) is 54.1 cm³/mol. The Bertz CT molecular complexity index is 389. The molecule has 0 amide bonds. The van der Waals surface area contributed by atoms with E-state index in [-0.39, 0.29) is 11.5 Å². The SMILES string of the molecule is C[C@@H](Oc1ccc(OC(F)(F)F)cc1)C(=O)Cl. The molecule has 0 fully saturated rings. The molecule has 0 radical (unpaired) electrons. The van der Waals surface area contributed by atoms with E-state index in [0.29, 0.717) is 0 Å². The van der Waals surface area contributed by atoms with E-state index in [4.69, 9.17) is 16.3 Å².